The molecule has 4 unspecified atom stereocenters. The van der Waals surface area contributed by atoms with E-state index in [9.17, 15) is 14.6 Å². The first-order valence-corrected chi connectivity index (χ1v) is 9.87. The number of aliphatic hydroxyl groups is 2. The van der Waals surface area contributed by atoms with Crippen LogP contribution in [0.25, 0.3) is 0 Å². The van der Waals surface area contributed by atoms with E-state index < -0.39 is 6.10 Å². The molecule has 0 amide bonds. The van der Waals surface area contributed by atoms with E-state index in [2.05, 4.69) is 31.1 Å². The fourth-order valence-corrected chi connectivity index (χ4v) is 3.97. The van der Waals surface area contributed by atoms with E-state index in [4.69, 9.17) is 4.98 Å². The lowest BCUT2D eigenvalue weighted by Gasteiger charge is -2.25. The lowest BCUT2D eigenvalue weighted by atomic mass is 9.88. The zero-order chi connectivity index (χ0) is 20.3. The Morgan fingerprint density at radius 1 is 1.18 bits per heavy atom. The van der Waals surface area contributed by atoms with E-state index in [-0.39, 0.29) is 35.7 Å². The van der Waals surface area contributed by atoms with Crippen molar-refractivity contribution in [3.8, 4) is 0 Å². The van der Waals surface area contributed by atoms with Crippen molar-refractivity contribution in [1.82, 2.24) is 15.3 Å². The molecule has 2 aromatic rings. The van der Waals surface area contributed by atoms with Crippen molar-refractivity contribution in [2.24, 2.45) is 11.8 Å². The van der Waals surface area contributed by atoms with Gasteiger partial charge in [-0.05, 0) is 30.9 Å². The molecular weight excluding hydrogens is 357 g/mol. The van der Waals surface area contributed by atoms with Crippen molar-refractivity contribution in [3.63, 3.8) is 0 Å². The Morgan fingerprint density at radius 2 is 1.93 bits per heavy atom. The first-order chi connectivity index (χ1) is 13.3. The molecule has 28 heavy (non-hydrogen) atoms. The van der Waals surface area contributed by atoms with Gasteiger partial charge in [-0.15, -0.1) is 0 Å². The zero-order valence-corrected chi connectivity index (χ0v) is 16.8. The molecule has 1 heterocycles. The number of aromatic nitrogens is 2. The smallest absolute Gasteiger partial charge is 0.133 e. The standard InChI is InChI=1S/C22H30FN3O2/c1-22(2,3)21-24-9-8-15(26-21)10-16-17(13-27)20(28)11-19(16)25-12-14-6-4-5-7-18(14)23/h4-9,16-17,19-20,25,27-28H,10-13H2,1-3H3. The van der Waals surface area contributed by atoms with Gasteiger partial charge in [-0.3, -0.25) is 0 Å². The van der Waals surface area contributed by atoms with Crippen LogP contribution >= 0.6 is 0 Å². The van der Waals surface area contributed by atoms with E-state index in [1.54, 1.807) is 18.3 Å². The normalized spacial score (nSPS) is 25.2. The number of aliphatic hydroxyl groups excluding tert-OH is 2. The van der Waals surface area contributed by atoms with Gasteiger partial charge in [-0.2, -0.15) is 0 Å². The molecule has 1 aliphatic carbocycles. The Morgan fingerprint density at radius 3 is 2.61 bits per heavy atom. The van der Waals surface area contributed by atoms with E-state index in [0.717, 1.165) is 11.5 Å². The van der Waals surface area contributed by atoms with E-state index >= 15 is 0 Å². The van der Waals surface area contributed by atoms with Crippen LogP contribution in [0.3, 0.4) is 0 Å². The summed E-state index contributed by atoms with van der Waals surface area (Å²) in [5, 5.41) is 23.7. The molecule has 0 spiro atoms. The van der Waals surface area contributed by atoms with Crippen molar-refractivity contribution in [2.75, 3.05) is 6.61 Å². The van der Waals surface area contributed by atoms with Crippen molar-refractivity contribution >= 4 is 0 Å². The van der Waals surface area contributed by atoms with Crippen LogP contribution in [0.1, 0.15) is 44.3 Å². The average molecular weight is 387 g/mol. The molecule has 6 heteroatoms. The molecule has 0 saturated heterocycles. The van der Waals surface area contributed by atoms with Gasteiger partial charge in [-0.25, -0.2) is 14.4 Å². The minimum absolute atomic E-state index is 0.00879. The molecule has 4 atom stereocenters. The Hall–Kier alpha value is -1.89. The average Bonchev–Trinajstić information content (AvgIpc) is 2.95. The van der Waals surface area contributed by atoms with Gasteiger partial charge in [-0.1, -0.05) is 39.0 Å². The van der Waals surface area contributed by atoms with Crippen molar-refractivity contribution in [3.05, 3.63) is 59.4 Å². The number of nitrogens with zero attached hydrogens (tertiary/aromatic N) is 2. The third kappa shape index (κ3) is 4.74. The second-order valence-electron chi connectivity index (χ2n) is 8.72. The minimum Gasteiger partial charge on any atom is -0.396 e. The molecule has 152 valence electrons. The zero-order valence-electron chi connectivity index (χ0n) is 16.8. The topological polar surface area (TPSA) is 78.3 Å². The fraction of sp³-hybridized carbons (Fsp3) is 0.545. The van der Waals surface area contributed by atoms with Crippen LogP contribution in [0.5, 0.6) is 0 Å². The fourth-order valence-electron chi connectivity index (χ4n) is 3.97. The first-order valence-electron chi connectivity index (χ1n) is 9.87. The van der Waals surface area contributed by atoms with Crippen molar-refractivity contribution in [1.29, 1.82) is 0 Å². The third-order valence-electron chi connectivity index (χ3n) is 5.61. The Balaban J connectivity index is 1.76. The predicted octanol–water partition coefficient (Wildman–Crippen LogP) is 2.60. The number of benzene rings is 1. The maximum Gasteiger partial charge on any atom is 0.133 e. The van der Waals surface area contributed by atoms with Gasteiger partial charge in [0.25, 0.3) is 0 Å². The Kier molecular flexibility index (Phi) is 6.43. The van der Waals surface area contributed by atoms with Crippen LogP contribution in [0.4, 0.5) is 4.39 Å². The first kappa shape index (κ1) is 20.8. The highest BCUT2D eigenvalue weighted by Gasteiger charge is 2.42. The number of halogens is 1. The summed E-state index contributed by atoms with van der Waals surface area (Å²) in [6.07, 6.45) is 2.34. The maximum atomic E-state index is 13.9. The second kappa shape index (κ2) is 8.64. The molecule has 0 radical (unpaired) electrons. The summed E-state index contributed by atoms with van der Waals surface area (Å²) in [6.45, 7) is 6.51. The Labute approximate surface area is 166 Å². The van der Waals surface area contributed by atoms with Crippen LogP contribution in [-0.4, -0.2) is 38.9 Å². The molecule has 1 aromatic carbocycles. The van der Waals surface area contributed by atoms with Gasteiger partial charge in [0.2, 0.25) is 0 Å². The molecule has 1 aliphatic rings. The van der Waals surface area contributed by atoms with Gasteiger partial charge >= 0.3 is 0 Å². The second-order valence-corrected chi connectivity index (χ2v) is 8.72. The molecule has 1 aromatic heterocycles. The molecule has 0 aliphatic heterocycles. The van der Waals surface area contributed by atoms with Crippen LogP contribution in [-0.2, 0) is 18.4 Å². The summed E-state index contributed by atoms with van der Waals surface area (Å²) in [5.74, 6) is 0.315. The predicted molar refractivity (Wildman–Crippen MR) is 106 cm³/mol. The maximum absolute atomic E-state index is 13.9. The van der Waals surface area contributed by atoms with Gasteiger partial charge < -0.3 is 15.5 Å². The lowest BCUT2D eigenvalue weighted by molar-refractivity contribution is 0.0715. The van der Waals surface area contributed by atoms with Gasteiger partial charge in [0.05, 0.1) is 6.10 Å². The van der Waals surface area contributed by atoms with Gasteiger partial charge in [0, 0.05) is 48.0 Å². The summed E-state index contributed by atoms with van der Waals surface area (Å²) < 4.78 is 13.9. The van der Waals surface area contributed by atoms with Crippen LogP contribution in [0, 0.1) is 17.7 Å². The largest absolute Gasteiger partial charge is 0.396 e. The van der Waals surface area contributed by atoms with Crippen LogP contribution in [0.2, 0.25) is 0 Å². The molecular formula is C22H30FN3O2. The number of nitrogens with one attached hydrogen (secondary N) is 1. The Bertz CT molecular complexity index is 793. The van der Waals surface area contributed by atoms with E-state index in [1.807, 2.05) is 12.1 Å². The SMILES string of the molecule is CC(C)(C)c1nccc(CC2C(NCc3ccccc3F)CC(O)C2CO)n1. The summed E-state index contributed by atoms with van der Waals surface area (Å²) in [7, 11) is 0. The van der Waals surface area contributed by atoms with E-state index in [0.29, 0.717) is 24.9 Å². The molecule has 1 fully saturated rings. The lowest BCUT2D eigenvalue weighted by Crippen LogP contribution is -2.36. The molecule has 3 rings (SSSR count). The highest BCUT2D eigenvalue weighted by molar-refractivity contribution is 5.17. The van der Waals surface area contributed by atoms with Crippen LogP contribution in [0.15, 0.2) is 36.5 Å². The van der Waals surface area contributed by atoms with Gasteiger partial charge in [0.15, 0.2) is 0 Å². The molecule has 3 N–H and O–H groups in total. The minimum atomic E-state index is -0.586. The molecule has 1 saturated carbocycles. The highest BCUT2D eigenvalue weighted by atomic mass is 19.1. The monoisotopic (exact) mass is 387 g/mol. The number of hydrogen-bond acceptors (Lipinski definition) is 5. The quantitative estimate of drug-likeness (QED) is 0.710. The molecule has 0 bridgehead atoms. The summed E-state index contributed by atoms with van der Waals surface area (Å²) >= 11 is 0. The van der Waals surface area contributed by atoms with Gasteiger partial charge in [0.1, 0.15) is 11.6 Å². The van der Waals surface area contributed by atoms with Crippen molar-refractivity contribution in [2.45, 2.75) is 57.7 Å². The highest BCUT2D eigenvalue weighted by Crippen LogP contribution is 2.35. The summed E-state index contributed by atoms with van der Waals surface area (Å²) in [5.41, 5.74) is 1.35. The third-order valence-corrected chi connectivity index (χ3v) is 5.61. The van der Waals surface area contributed by atoms with Crippen LogP contribution < -0.4 is 5.32 Å². The number of rotatable bonds is 6. The van der Waals surface area contributed by atoms with Crippen molar-refractivity contribution < 1.29 is 14.6 Å². The molecule has 5 nitrogen and oxygen atoms in total. The summed E-state index contributed by atoms with van der Waals surface area (Å²) in [4.78, 5) is 9.08. The number of hydrogen-bond donors (Lipinski definition) is 3. The summed E-state index contributed by atoms with van der Waals surface area (Å²) in [6, 6.07) is 8.55. The van der Waals surface area contributed by atoms with E-state index in [1.165, 1.54) is 6.07 Å².